The molecule has 1 fully saturated rings. The van der Waals surface area contributed by atoms with Crippen molar-refractivity contribution >= 4 is 18.3 Å². The van der Waals surface area contributed by atoms with Gasteiger partial charge >= 0.3 is 0 Å². The first-order chi connectivity index (χ1) is 10.2. The zero-order chi connectivity index (χ0) is 15.1. The van der Waals surface area contributed by atoms with Gasteiger partial charge in [0.2, 0.25) is 5.91 Å². The third-order valence-electron chi connectivity index (χ3n) is 3.92. The number of hydrogen-bond donors (Lipinski definition) is 2. The van der Waals surface area contributed by atoms with Crippen LogP contribution in [0.1, 0.15) is 30.9 Å². The summed E-state index contributed by atoms with van der Waals surface area (Å²) in [5, 5.41) is 3.00. The van der Waals surface area contributed by atoms with Crippen LogP contribution in [0.5, 0.6) is 5.75 Å². The number of hydrogen-bond acceptors (Lipinski definition) is 4. The highest BCUT2D eigenvalue weighted by atomic mass is 35.5. The number of nitrogens with zero attached hydrogens (tertiary/aromatic N) is 1. The van der Waals surface area contributed by atoms with E-state index in [0.717, 1.165) is 18.8 Å². The van der Waals surface area contributed by atoms with Gasteiger partial charge in [-0.2, -0.15) is 0 Å². The molecule has 1 aliphatic rings. The molecule has 1 aliphatic heterocycles. The van der Waals surface area contributed by atoms with Gasteiger partial charge < -0.3 is 15.8 Å². The Morgan fingerprint density at radius 2 is 2.14 bits per heavy atom. The molecule has 22 heavy (non-hydrogen) atoms. The molecule has 2 rings (SSSR count). The lowest BCUT2D eigenvalue weighted by molar-refractivity contribution is -0.121. The van der Waals surface area contributed by atoms with E-state index in [2.05, 4.69) is 22.3 Å². The molecule has 1 aromatic carbocycles. The van der Waals surface area contributed by atoms with Crippen LogP contribution in [0.4, 0.5) is 0 Å². The van der Waals surface area contributed by atoms with Gasteiger partial charge in [0, 0.05) is 19.5 Å². The van der Waals surface area contributed by atoms with E-state index in [9.17, 15) is 4.79 Å². The summed E-state index contributed by atoms with van der Waals surface area (Å²) in [5.41, 5.74) is 6.60. The normalized spacial score (nSPS) is 15.9. The van der Waals surface area contributed by atoms with Crippen LogP contribution in [-0.2, 0) is 4.79 Å². The minimum absolute atomic E-state index is 0. The molecule has 0 radical (unpaired) electrons. The summed E-state index contributed by atoms with van der Waals surface area (Å²) in [6, 6.07) is 8.29. The molecule has 0 aromatic heterocycles. The van der Waals surface area contributed by atoms with Gasteiger partial charge in [-0.05, 0) is 43.6 Å². The molecular formula is C16H26ClN3O2. The number of carbonyl (C=O) groups is 1. The fourth-order valence-electron chi connectivity index (χ4n) is 2.79. The van der Waals surface area contributed by atoms with Crippen molar-refractivity contribution < 1.29 is 9.53 Å². The van der Waals surface area contributed by atoms with Crippen LogP contribution in [0.15, 0.2) is 24.3 Å². The van der Waals surface area contributed by atoms with E-state index < -0.39 is 0 Å². The van der Waals surface area contributed by atoms with Crippen LogP contribution in [0.25, 0.3) is 0 Å². The maximum atomic E-state index is 11.7. The molecule has 5 nitrogen and oxygen atoms in total. The molecule has 3 N–H and O–H groups in total. The average Bonchev–Trinajstić information content (AvgIpc) is 3.02. The number of carbonyl (C=O) groups excluding carboxylic acids is 1. The molecule has 0 spiro atoms. The first-order valence-corrected chi connectivity index (χ1v) is 7.59. The maximum absolute atomic E-state index is 11.7. The van der Waals surface area contributed by atoms with Gasteiger partial charge in [0.05, 0.1) is 13.2 Å². The largest absolute Gasteiger partial charge is 0.497 e. The van der Waals surface area contributed by atoms with E-state index >= 15 is 0 Å². The number of nitrogens with two attached hydrogens (primary N) is 1. The number of methoxy groups -OCH3 is 1. The predicted octanol–water partition coefficient (Wildman–Crippen LogP) is 1.72. The first-order valence-electron chi connectivity index (χ1n) is 7.59. The molecule has 1 unspecified atom stereocenters. The number of halogens is 1. The predicted molar refractivity (Wildman–Crippen MR) is 90.5 cm³/mol. The van der Waals surface area contributed by atoms with Crippen molar-refractivity contribution in [3.05, 3.63) is 29.8 Å². The van der Waals surface area contributed by atoms with E-state index in [1.807, 2.05) is 12.1 Å². The van der Waals surface area contributed by atoms with Crippen LogP contribution in [-0.4, -0.2) is 44.1 Å². The van der Waals surface area contributed by atoms with Crippen molar-refractivity contribution in [1.82, 2.24) is 10.2 Å². The third kappa shape index (κ3) is 5.16. The van der Waals surface area contributed by atoms with Gasteiger partial charge in [-0.3, -0.25) is 9.69 Å². The van der Waals surface area contributed by atoms with E-state index in [4.69, 9.17) is 10.5 Å². The second-order valence-electron chi connectivity index (χ2n) is 5.38. The van der Waals surface area contributed by atoms with Crippen molar-refractivity contribution in [2.75, 3.05) is 33.3 Å². The summed E-state index contributed by atoms with van der Waals surface area (Å²) in [4.78, 5) is 14.1. The zero-order valence-electron chi connectivity index (χ0n) is 13.1. The smallest absolute Gasteiger partial charge is 0.221 e. The Hall–Kier alpha value is -1.30. The van der Waals surface area contributed by atoms with E-state index in [1.54, 1.807) is 7.11 Å². The lowest BCUT2D eigenvalue weighted by atomic mass is 10.0. The maximum Gasteiger partial charge on any atom is 0.221 e. The Labute approximate surface area is 138 Å². The quantitative estimate of drug-likeness (QED) is 0.800. The number of ether oxygens (including phenoxy) is 1. The summed E-state index contributed by atoms with van der Waals surface area (Å²) < 4.78 is 5.31. The fourth-order valence-corrected chi connectivity index (χ4v) is 2.79. The van der Waals surface area contributed by atoms with Crippen molar-refractivity contribution in [2.24, 2.45) is 5.73 Å². The van der Waals surface area contributed by atoms with Crippen LogP contribution in [0, 0.1) is 0 Å². The molecule has 1 amide bonds. The molecular weight excluding hydrogens is 302 g/mol. The first kappa shape index (κ1) is 18.7. The van der Waals surface area contributed by atoms with E-state index in [-0.39, 0.29) is 24.4 Å². The second kappa shape index (κ2) is 9.66. The highest BCUT2D eigenvalue weighted by Crippen LogP contribution is 2.27. The Morgan fingerprint density at radius 1 is 1.41 bits per heavy atom. The zero-order valence-corrected chi connectivity index (χ0v) is 13.9. The third-order valence-corrected chi connectivity index (χ3v) is 3.92. The lowest BCUT2D eigenvalue weighted by Crippen LogP contribution is -2.37. The topological polar surface area (TPSA) is 67.6 Å². The van der Waals surface area contributed by atoms with Crippen molar-refractivity contribution in [3.63, 3.8) is 0 Å². The van der Waals surface area contributed by atoms with Crippen molar-refractivity contribution in [1.29, 1.82) is 0 Å². The summed E-state index contributed by atoms with van der Waals surface area (Å²) >= 11 is 0. The number of amides is 1. The molecule has 124 valence electrons. The SMILES string of the molecule is COc1cccc(C(CNC(=O)CCN)N2CCCC2)c1.Cl. The highest BCUT2D eigenvalue weighted by molar-refractivity contribution is 5.85. The number of nitrogens with one attached hydrogen (secondary N) is 1. The molecule has 0 bridgehead atoms. The summed E-state index contributed by atoms with van der Waals surface area (Å²) in [6.07, 6.45) is 2.82. The molecule has 1 saturated heterocycles. The number of likely N-dealkylation sites (tertiary alicyclic amines) is 1. The van der Waals surface area contributed by atoms with Gasteiger partial charge in [0.15, 0.2) is 0 Å². The van der Waals surface area contributed by atoms with E-state index in [0.29, 0.717) is 19.5 Å². The van der Waals surface area contributed by atoms with Gasteiger partial charge in [0.1, 0.15) is 5.75 Å². The molecule has 1 atom stereocenters. The second-order valence-corrected chi connectivity index (χ2v) is 5.38. The van der Waals surface area contributed by atoms with E-state index in [1.165, 1.54) is 18.4 Å². The van der Waals surface area contributed by atoms with Crippen LogP contribution < -0.4 is 15.8 Å². The average molecular weight is 328 g/mol. The Bertz CT molecular complexity index is 464. The van der Waals surface area contributed by atoms with Crippen LogP contribution in [0.2, 0.25) is 0 Å². The van der Waals surface area contributed by atoms with Crippen molar-refractivity contribution in [2.45, 2.75) is 25.3 Å². The van der Waals surface area contributed by atoms with Gasteiger partial charge in [-0.15, -0.1) is 12.4 Å². The van der Waals surface area contributed by atoms with Gasteiger partial charge in [-0.1, -0.05) is 12.1 Å². The Morgan fingerprint density at radius 3 is 2.77 bits per heavy atom. The summed E-state index contributed by atoms with van der Waals surface area (Å²) in [6.45, 7) is 3.16. The van der Waals surface area contributed by atoms with Gasteiger partial charge in [0.25, 0.3) is 0 Å². The molecule has 0 aliphatic carbocycles. The summed E-state index contributed by atoms with van der Waals surface area (Å²) in [5.74, 6) is 0.870. The monoisotopic (exact) mass is 327 g/mol. The highest BCUT2D eigenvalue weighted by Gasteiger charge is 2.24. The summed E-state index contributed by atoms with van der Waals surface area (Å²) in [7, 11) is 1.67. The molecule has 0 saturated carbocycles. The Balaban J connectivity index is 0.00000242. The van der Waals surface area contributed by atoms with Gasteiger partial charge in [-0.25, -0.2) is 0 Å². The lowest BCUT2D eigenvalue weighted by Gasteiger charge is -2.28. The fraction of sp³-hybridized carbons (Fsp3) is 0.562. The standard InChI is InChI=1S/C16H25N3O2.ClH/c1-21-14-6-4-5-13(11-14)15(19-9-2-3-10-19)12-18-16(20)7-8-17;/h4-6,11,15H,2-3,7-10,12,17H2,1H3,(H,18,20);1H. The minimum Gasteiger partial charge on any atom is -0.497 e. The number of benzene rings is 1. The molecule has 1 aromatic rings. The Kier molecular flexibility index (Phi) is 8.24. The van der Waals surface area contributed by atoms with Crippen LogP contribution in [0.3, 0.4) is 0 Å². The minimum atomic E-state index is 0. The van der Waals surface area contributed by atoms with Crippen molar-refractivity contribution in [3.8, 4) is 5.75 Å². The van der Waals surface area contributed by atoms with Crippen LogP contribution >= 0.6 is 12.4 Å². The molecule has 6 heteroatoms. The number of rotatable bonds is 7. The molecule has 1 heterocycles.